The normalized spacial score (nSPS) is 18.7. The molecule has 0 radical (unpaired) electrons. The number of rotatable bonds is 6. The van der Waals surface area contributed by atoms with Crippen LogP contribution in [-0.4, -0.2) is 44.2 Å². The molecule has 1 aliphatic rings. The first-order valence-electron chi connectivity index (χ1n) is 7.52. The van der Waals surface area contributed by atoms with E-state index in [2.05, 4.69) is 10.2 Å². The van der Waals surface area contributed by atoms with Gasteiger partial charge in [-0.05, 0) is 43.5 Å². The fourth-order valence-corrected chi connectivity index (χ4v) is 2.68. The number of anilines is 1. The second kappa shape index (κ2) is 8.12. The fourth-order valence-electron chi connectivity index (χ4n) is 2.68. The summed E-state index contributed by atoms with van der Waals surface area (Å²) in [5.74, 6) is 0.542. The van der Waals surface area contributed by atoms with Crippen molar-refractivity contribution in [3.8, 4) is 0 Å². The van der Waals surface area contributed by atoms with Gasteiger partial charge in [0.05, 0.1) is 13.2 Å². The van der Waals surface area contributed by atoms with Crippen LogP contribution >= 0.6 is 0 Å². The average molecular weight is 291 g/mol. The minimum Gasteiger partial charge on any atom is -0.381 e. The second-order valence-electron chi connectivity index (χ2n) is 5.73. The maximum Gasteiger partial charge on any atom is 0.238 e. The Morgan fingerprint density at radius 2 is 2.38 bits per heavy atom. The van der Waals surface area contributed by atoms with Gasteiger partial charge in [-0.25, -0.2) is 0 Å². The van der Waals surface area contributed by atoms with Crippen molar-refractivity contribution in [1.29, 1.82) is 0 Å². The first-order chi connectivity index (χ1) is 10.2. The predicted molar refractivity (Wildman–Crippen MR) is 84.0 cm³/mol. The number of hydrogen-bond acceptors (Lipinski definition) is 4. The van der Waals surface area contributed by atoms with Crippen LogP contribution in [0.15, 0.2) is 24.3 Å². The quantitative estimate of drug-likeness (QED) is 0.832. The molecular weight excluding hydrogens is 266 g/mol. The number of benzene rings is 1. The Morgan fingerprint density at radius 3 is 3.10 bits per heavy atom. The molecule has 1 aromatic carbocycles. The van der Waals surface area contributed by atoms with Crippen molar-refractivity contribution in [2.75, 3.05) is 38.7 Å². The Bertz CT molecular complexity index is 459. The summed E-state index contributed by atoms with van der Waals surface area (Å²) in [6, 6.07) is 7.64. The highest BCUT2D eigenvalue weighted by Crippen LogP contribution is 2.14. The number of nitrogens with zero attached hydrogens (tertiary/aromatic N) is 1. The van der Waals surface area contributed by atoms with E-state index in [4.69, 9.17) is 10.5 Å². The molecule has 0 bridgehead atoms. The fraction of sp³-hybridized carbons (Fsp3) is 0.562. The Kier molecular flexibility index (Phi) is 6.17. The standard InChI is InChI=1S/C16H25N3O2/c1-19(10-14-5-3-7-21-12-14)11-16(20)18-15-6-2-4-13(8-15)9-17/h2,4,6,8,14H,3,5,7,9-12,17H2,1H3,(H,18,20). The molecule has 21 heavy (non-hydrogen) atoms. The van der Waals surface area contributed by atoms with E-state index in [-0.39, 0.29) is 5.91 Å². The minimum atomic E-state index is 0.00315. The summed E-state index contributed by atoms with van der Waals surface area (Å²) in [5, 5.41) is 2.92. The van der Waals surface area contributed by atoms with E-state index < -0.39 is 0 Å². The summed E-state index contributed by atoms with van der Waals surface area (Å²) in [4.78, 5) is 14.1. The van der Waals surface area contributed by atoms with Gasteiger partial charge in [-0.1, -0.05) is 12.1 Å². The lowest BCUT2D eigenvalue weighted by Crippen LogP contribution is -2.36. The van der Waals surface area contributed by atoms with Crippen molar-refractivity contribution in [2.24, 2.45) is 11.7 Å². The Morgan fingerprint density at radius 1 is 1.52 bits per heavy atom. The molecule has 0 saturated carbocycles. The van der Waals surface area contributed by atoms with Crippen LogP contribution in [0.4, 0.5) is 5.69 Å². The van der Waals surface area contributed by atoms with E-state index in [1.54, 1.807) is 0 Å². The highest BCUT2D eigenvalue weighted by atomic mass is 16.5. The second-order valence-corrected chi connectivity index (χ2v) is 5.73. The van der Waals surface area contributed by atoms with Crippen LogP contribution in [0.3, 0.4) is 0 Å². The molecule has 5 nitrogen and oxygen atoms in total. The topological polar surface area (TPSA) is 67.6 Å². The molecule has 116 valence electrons. The SMILES string of the molecule is CN(CC(=O)Nc1cccc(CN)c1)CC1CCCOC1. The molecule has 0 spiro atoms. The third kappa shape index (κ3) is 5.46. The van der Waals surface area contributed by atoms with E-state index in [9.17, 15) is 4.79 Å². The molecule has 1 heterocycles. The molecular formula is C16H25N3O2. The summed E-state index contributed by atoms with van der Waals surface area (Å²) in [6.45, 7) is 3.45. The lowest BCUT2D eigenvalue weighted by Gasteiger charge is -2.26. The van der Waals surface area contributed by atoms with E-state index in [1.807, 2.05) is 31.3 Å². The van der Waals surface area contributed by atoms with Crippen LogP contribution in [0.2, 0.25) is 0 Å². The number of ether oxygens (including phenoxy) is 1. The van der Waals surface area contributed by atoms with Crippen molar-refractivity contribution < 1.29 is 9.53 Å². The van der Waals surface area contributed by atoms with E-state index in [1.165, 1.54) is 6.42 Å². The van der Waals surface area contributed by atoms with E-state index in [0.717, 1.165) is 37.4 Å². The molecule has 0 aromatic heterocycles. The lowest BCUT2D eigenvalue weighted by atomic mass is 10.0. The minimum absolute atomic E-state index is 0.00315. The summed E-state index contributed by atoms with van der Waals surface area (Å²) < 4.78 is 5.47. The van der Waals surface area contributed by atoms with Gasteiger partial charge in [-0.15, -0.1) is 0 Å². The number of likely N-dealkylation sites (N-methyl/N-ethyl adjacent to an activating group) is 1. The Balaban J connectivity index is 1.77. The van der Waals surface area contributed by atoms with Gasteiger partial charge in [-0.2, -0.15) is 0 Å². The van der Waals surface area contributed by atoms with Crippen molar-refractivity contribution in [1.82, 2.24) is 4.90 Å². The van der Waals surface area contributed by atoms with Crippen LogP contribution in [-0.2, 0) is 16.1 Å². The molecule has 1 saturated heterocycles. The van der Waals surface area contributed by atoms with Gasteiger partial charge in [-0.3, -0.25) is 9.69 Å². The first-order valence-corrected chi connectivity index (χ1v) is 7.52. The number of nitrogens with two attached hydrogens (primary N) is 1. The monoisotopic (exact) mass is 291 g/mol. The molecule has 1 unspecified atom stereocenters. The van der Waals surface area contributed by atoms with Gasteiger partial charge in [0.15, 0.2) is 0 Å². The van der Waals surface area contributed by atoms with Gasteiger partial charge >= 0.3 is 0 Å². The zero-order valence-electron chi connectivity index (χ0n) is 12.7. The van der Waals surface area contributed by atoms with Crippen LogP contribution in [0.1, 0.15) is 18.4 Å². The largest absolute Gasteiger partial charge is 0.381 e. The first kappa shape index (κ1) is 15.9. The Labute approximate surface area is 126 Å². The van der Waals surface area contributed by atoms with Gasteiger partial charge in [0, 0.05) is 25.4 Å². The van der Waals surface area contributed by atoms with Gasteiger partial charge in [0.1, 0.15) is 0 Å². The zero-order valence-corrected chi connectivity index (χ0v) is 12.7. The van der Waals surface area contributed by atoms with Crippen molar-refractivity contribution in [3.05, 3.63) is 29.8 Å². The molecule has 1 atom stereocenters. The highest BCUT2D eigenvalue weighted by molar-refractivity contribution is 5.92. The lowest BCUT2D eigenvalue weighted by molar-refractivity contribution is -0.117. The van der Waals surface area contributed by atoms with Crippen LogP contribution in [0, 0.1) is 5.92 Å². The van der Waals surface area contributed by atoms with Crippen LogP contribution in [0.25, 0.3) is 0 Å². The predicted octanol–water partition coefficient (Wildman–Crippen LogP) is 1.44. The Hall–Kier alpha value is -1.43. The smallest absolute Gasteiger partial charge is 0.238 e. The average Bonchev–Trinajstić information content (AvgIpc) is 2.48. The number of nitrogens with one attached hydrogen (secondary N) is 1. The molecule has 1 fully saturated rings. The summed E-state index contributed by atoms with van der Waals surface area (Å²) >= 11 is 0. The van der Waals surface area contributed by atoms with Gasteiger partial charge in [0.25, 0.3) is 0 Å². The van der Waals surface area contributed by atoms with Gasteiger partial charge in [0.2, 0.25) is 5.91 Å². The number of amides is 1. The zero-order chi connectivity index (χ0) is 15.1. The molecule has 1 aliphatic heterocycles. The third-order valence-corrected chi connectivity index (χ3v) is 3.68. The number of carbonyl (C=O) groups is 1. The van der Waals surface area contributed by atoms with E-state index >= 15 is 0 Å². The molecule has 1 amide bonds. The summed E-state index contributed by atoms with van der Waals surface area (Å²) in [7, 11) is 1.98. The highest BCUT2D eigenvalue weighted by Gasteiger charge is 2.17. The van der Waals surface area contributed by atoms with Crippen molar-refractivity contribution in [3.63, 3.8) is 0 Å². The maximum absolute atomic E-state index is 12.0. The summed E-state index contributed by atoms with van der Waals surface area (Å²) in [6.07, 6.45) is 2.31. The molecule has 2 rings (SSSR count). The molecule has 0 aliphatic carbocycles. The maximum atomic E-state index is 12.0. The summed E-state index contributed by atoms with van der Waals surface area (Å²) in [5.41, 5.74) is 7.42. The van der Waals surface area contributed by atoms with Crippen molar-refractivity contribution in [2.45, 2.75) is 19.4 Å². The van der Waals surface area contributed by atoms with Crippen LogP contribution < -0.4 is 11.1 Å². The van der Waals surface area contributed by atoms with Gasteiger partial charge < -0.3 is 15.8 Å². The third-order valence-electron chi connectivity index (χ3n) is 3.68. The van der Waals surface area contributed by atoms with Crippen molar-refractivity contribution >= 4 is 11.6 Å². The van der Waals surface area contributed by atoms with Crippen LogP contribution in [0.5, 0.6) is 0 Å². The number of hydrogen-bond donors (Lipinski definition) is 2. The molecule has 5 heteroatoms. The number of carbonyl (C=O) groups excluding carboxylic acids is 1. The molecule has 1 aromatic rings. The molecule has 3 N–H and O–H groups in total. The van der Waals surface area contributed by atoms with E-state index in [0.29, 0.717) is 19.0 Å².